The zero-order valence-electron chi connectivity index (χ0n) is 12.0. The fraction of sp³-hybridized carbons (Fsp3) is 0.333. The van der Waals surface area contributed by atoms with E-state index >= 15 is 0 Å². The van der Waals surface area contributed by atoms with E-state index in [2.05, 4.69) is 29.3 Å². The Morgan fingerprint density at radius 1 is 1.35 bits per heavy atom. The molecule has 0 saturated heterocycles. The van der Waals surface area contributed by atoms with Crippen LogP contribution >= 0.6 is 0 Å². The second-order valence-electron chi connectivity index (χ2n) is 5.09. The lowest BCUT2D eigenvalue weighted by Gasteiger charge is -2.08. The van der Waals surface area contributed by atoms with Crippen molar-refractivity contribution in [2.24, 2.45) is 16.6 Å². The predicted molar refractivity (Wildman–Crippen MR) is 81.7 cm³/mol. The van der Waals surface area contributed by atoms with Gasteiger partial charge in [-0.3, -0.25) is 0 Å². The Kier molecular flexibility index (Phi) is 4.76. The molecule has 0 unspecified atom stereocenters. The van der Waals surface area contributed by atoms with Crippen molar-refractivity contribution < 1.29 is 0 Å². The van der Waals surface area contributed by atoms with Crippen LogP contribution in [0.15, 0.2) is 47.7 Å². The highest BCUT2D eigenvalue weighted by molar-refractivity contribution is 5.77. The summed E-state index contributed by atoms with van der Waals surface area (Å²) in [6.45, 7) is 5.69. The molecule has 0 fully saturated rings. The molecular weight excluding hydrogens is 250 g/mol. The van der Waals surface area contributed by atoms with Gasteiger partial charge in [0.1, 0.15) is 0 Å². The molecule has 0 saturated carbocycles. The molecule has 1 aromatic carbocycles. The number of nitrogens with one attached hydrogen (secondary N) is 1. The third kappa shape index (κ3) is 4.12. The van der Waals surface area contributed by atoms with Crippen LogP contribution in [0.4, 0.5) is 0 Å². The van der Waals surface area contributed by atoms with Crippen molar-refractivity contribution in [2.45, 2.75) is 20.4 Å². The van der Waals surface area contributed by atoms with Gasteiger partial charge in [-0.15, -0.1) is 0 Å². The Bertz CT molecular complexity index is 540. The Balaban J connectivity index is 1.92. The molecule has 5 nitrogen and oxygen atoms in total. The number of rotatable bonds is 5. The molecule has 0 radical (unpaired) electrons. The molecule has 2 aromatic rings. The number of nitrogens with two attached hydrogens (primary N) is 1. The normalized spacial score (nSPS) is 11.8. The van der Waals surface area contributed by atoms with Crippen molar-refractivity contribution in [1.82, 2.24) is 15.1 Å². The van der Waals surface area contributed by atoms with Crippen LogP contribution in [0.3, 0.4) is 0 Å². The number of benzene rings is 1. The van der Waals surface area contributed by atoms with Crippen LogP contribution in [-0.4, -0.2) is 22.3 Å². The van der Waals surface area contributed by atoms with Crippen LogP contribution in [0.1, 0.15) is 19.4 Å². The Labute approximate surface area is 119 Å². The highest BCUT2D eigenvalue weighted by atomic mass is 15.3. The van der Waals surface area contributed by atoms with Gasteiger partial charge in [-0.1, -0.05) is 26.0 Å². The van der Waals surface area contributed by atoms with Gasteiger partial charge >= 0.3 is 0 Å². The van der Waals surface area contributed by atoms with E-state index in [1.54, 1.807) is 6.20 Å². The summed E-state index contributed by atoms with van der Waals surface area (Å²) in [6.07, 6.45) is 3.68. The van der Waals surface area contributed by atoms with E-state index in [1.807, 2.05) is 41.2 Å². The number of aromatic nitrogens is 2. The van der Waals surface area contributed by atoms with Crippen molar-refractivity contribution >= 4 is 5.96 Å². The van der Waals surface area contributed by atoms with Gasteiger partial charge in [0.05, 0.1) is 12.2 Å². The van der Waals surface area contributed by atoms with Crippen molar-refractivity contribution in [3.63, 3.8) is 0 Å². The van der Waals surface area contributed by atoms with Gasteiger partial charge in [0.25, 0.3) is 0 Å². The summed E-state index contributed by atoms with van der Waals surface area (Å²) in [7, 11) is 0. The number of nitrogens with zero attached hydrogens (tertiary/aromatic N) is 3. The molecule has 0 aliphatic carbocycles. The Morgan fingerprint density at radius 2 is 2.10 bits per heavy atom. The topological polar surface area (TPSA) is 68.2 Å². The van der Waals surface area contributed by atoms with Gasteiger partial charge in [0.15, 0.2) is 5.96 Å². The van der Waals surface area contributed by atoms with Gasteiger partial charge in [-0.05, 0) is 29.7 Å². The summed E-state index contributed by atoms with van der Waals surface area (Å²) in [5, 5.41) is 7.29. The molecule has 2 rings (SSSR count). The van der Waals surface area contributed by atoms with Crippen LogP contribution in [0, 0.1) is 5.92 Å². The van der Waals surface area contributed by atoms with E-state index < -0.39 is 0 Å². The summed E-state index contributed by atoms with van der Waals surface area (Å²) in [5.41, 5.74) is 7.96. The predicted octanol–water partition coefficient (Wildman–Crippen LogP) is 1.93. The van der Waals surface area contributed by atoms with Crippen molar-refractivity contribution in [1.29, 1.82) is 0 Å². The first-order valence-electron chi connectivity index (χ1n) is 6.78. The summed E-state index contributed by atoms with van der Waals surface area (Å²) in [5.74, 6) is 1.05. The SMILES string of the molecule is CC(C)CNC(N)=NCc1ccc(-n2cccn2)cc1. The molecule has 0 bridgehead atoms. The third-order valence-electron chi connectivity index (χ3n) is 2.83. The Morgan fingerprint density at radius 3 is 2.70 bits per heavy atom. The quantitative estimate of drug-likeness (QED) is 0.645. The average Bonchev–Trinajstić information content (AvgIpc) is 2.97. The standard InChI is InChI=1S/C15H21N5/c1-12(2)10-17-15(16)18-11-13-4-6-14(7-5-13)20-9-3-8-19-20/h3-9,12H,10-11H2,1-2H3,(H3,16,17,18). The van der Waals surface area contributed by atoms with Gasteiger partial charge < -0.3 is 11.1 Å². The maximum Gasteiger partial charge on any atom is 0.188 e. The minimum atomic E-state index is 0.495. The number of hydrogen-bond acceptors (Lipinski definition) is 2. The molecule has 1 heterocycles. The van der Waals surface area contributed by atoms with E-state index in [0.717, 1.165) is 17.8 Å². The molecule has 0 aliphatic heterocycles. The van der Waals surface area contributed by atoms with Crippen molar-refractivity contribution in [2.75, 3.05) is 6.54 Å². The first kappa shape index (κ1) is 14.1. The monoisotopic (exact) mass is 271 g/mol. The summed E-state index contributed by atoms with van der Waals surface area (Å²) in [6, 6.07) is 10.0. The Hall–Kier alpha value is -2.30. The largest absolute Gasteiger partial charge is 0.370 e. The van der Waals surface area contributed by atoms with Gasteiger partial charge in [-0.2, -0.15) is 5.10 Å². The van der Waals surface area contributed by atoms with Crippen LogP contribution < -0.4 is 11.1 Å². The van der Waals surface area contributed by atoms with Gasteiger partial charge in [0, 0.05) is 18.9 Å². The smallest absolute Gasteiger partial charge is 0.188 e. The molecule has 0 spiro atoms. The first-order chi connectivity index (χ1) is 9.65. The number of guanidine groups is 1. The number of aliphatic imine (C=N–C) groups is 1. The molecule has 1 aromatic heterocycles. The van der Waals surface area contributed by atoms with Crippen molar-refractivity contribution in [3.05, 3.63) is 48.3 Å². The molecule has 0 aliphatic rings. The summed E-state index contributed by atoms with van der Waals surface area (Å²) in [4.78, 5) is 4.32. The van der Waals surface area contributed by atoms with E-state index in [9.17, 15) is 0 Å². The summed E-state index contributed by atoms with van der Waals surface area (Å²) >= 11 is 0. The molecule has 0 atom stereocenters. The molecular formula is C15H21N5. The lowest BCUT2D eigenvalue weighted by atomic mass is 10.2. The molecule has 20 heavy (non-hydrogen) atoms. The minimum Gasteiger partial charge on any atom is -0.370 e. The fourth-order valence-electron chi connectivity index (χ4n) is 1.72. The lowest BCUT2D eigenvalue weighted by molar-refractivity contribution is 0.622. The second-order valence-corrected chi connectivity index (χ2v) is 5.09. The zero-order chi connectivity index (χ0) is 14.4. The highest BCUT2D eigenvalue weighted by Gasteiger charge is 1.98. The average molecular weight is 271 g/mol. The number of hydrogen-bond donors (Lipinski definition) is 2. The zero-order valence-corrected chi connectivity index (χ0v) is 12.0. The van der Waals surface area contributed by atoms with E-state index in [4.69, 9.17) is 5.73 Å². The van der Waals surface area contributed by atoms with Crippen LogP contribution in [0.25, 0.3) is 5.69 Å². The maximum atomic E-state index is 5.80. The van der Waals surface area contributed by atoms with Crippen LogP contribution in [0.5, 0.6) is 0 Å². The fourth-order valence-corrected chi connectivity index (χ4v) is 1.72. The summed E-state index contributed by atoms with van der Waals surface area (Å²) < 4.78 is 1.83. The minimum absolute atomic E-state index is 0.495. The van der Waals surface area contributed by atoms with Crippen molar-refractivity contribution in [3.8, 4) is 5.69 Å². The molecule has 106 valence electrons. The van der Waals surface area contributed by atoms with E-state index in [1.165, 1.54) is 0 Å². The van der Waals surface area contributed by atoms with E-state index in [-0.39, 0.29) is 0 Å². The molecule has 0 amide bonds. The van der Waals surface area contributed by atoms with E-state index in [0.29, 0.717) is 18.4 Å². The van der Waals surface area contributed by atoms with Crippen LogP contribution in [0.2, 0.25) is 0 Å². The first-order valence-corrected chi connectivity index (χ1v) is 6.78. The molecule has 5 heteroatoms. The second kappa shape index (κ2) is 6.75. The third-order valence-corrected chi connectivity index (χ3v) is 2.83. The van der Waals surface area contributed by atoms with Gasteiger partial charge in [0.2, 0.25) is 0 Å². The van der Waals surface area contributed by atoms with Gasteiger partial charge in [-0.25, -0.2) is 9.67 Å². The maximum absolute atomic E-state index is 5.80. The molecule has 3 N–H and O–H groups in total. The highest BCUT2D eigenvalue weighted by Crippen LogP contribution is 2.09. The lowest BCUT2D eigenvalue weighted by Crippen LogP contribution is -2.34. The van der Waals surface area contributed by atoms with Crippen LogP contribution in [-0.2, 0) is 6.54 Å².